The Morgan fingerprint density at radius 3 is 2.38 bits per heavy atom. The van der Waals surface area contributed by atoms with Crippen molar-refractivity contribution in [1.82, 2.24) is 0 Å². The van der Waals surface area contributed by atoms with Crippen molar-refractivity contribution >= 4 is 32.3 Å². The van der Waals surface area contributed by atoms with E-state index < -0.39 is 15.0 Å². The van der Waals surface area contributed by atoms with Gasteiger partial charge < -0.3 is 9.84 Å². The van der Waals surface area contributed by atoms with Gasteiger partial charge in [-0.05, 0) is 35.7 Å². The molecule has 7 nitrogen and oxygen atoms in total. The Morgan fingerprint density at radius 2 is 1.77 bits per heavy atom. The third-order valence-electron chi connectivity index (χ3n) is 3.94. The van der Waals surface area contributed by atoms with Crippen LogP contribution in [0.2, 0.25) is 0 Å². The largest absolute Gasteiger partial charge is 0.507 e. The standard InChI is InChI=1S/C18H18N2O5S/c1-20(19-13-6-4-3-5-7-13)14-8-12-9-17(25-2)18(26(22,23)24)11-15(12)16(21)10-14/h3-11,19,21H,1-2H3,(H,22,23,24). The zero-order valence-electron chi connectivity index (χ0n) is 14.2. The summed E-state index contributed by atoms with van der Waals surface area (Å²) < 4.78 is 37.5. The number of anilines is 2. The highest BCUT2D eigenvalue weighted by Crippen LogP contribution is 2.36. The van der Waals surface area contributed by atoms with Gasteiger partial charge in [-0.1, -0.05) is 18.2 Å². The van der Waals surface area contributed by atoms with Crippen molar-refractivity contribution in [3.8, 4) is 11.5 Å². The molecule has 0 saturated carbocycles. The minimum absolute atomic E-state index is 0.00442. The summed E-state index contributed by atoms with van der Waals surface area (Å²) in [6, 6.07) is 15.4. The van der Waals surface area contributed by atoms with Crippen LogP contribution in [-0.2, 0) is 10.1 Å². The van der Waals surface area contributed by atoms with E-state index in [0.717, 1.165) is 5.69 Å². The molecule has 0 amide bonds. The molecule has 0 unspecified atom stereocenters. The number of rotatable bonds is 5. The Kier molecular flexibility index (Phi) is 4.62. The average molecular weight is 374 g/mol. The summed E-state index contributed by atoms with van der Waals surface area (Å²) in [5, 5.41) is 12.9. The van der Waals surface area contributed by atoms with Gasteiger partial charge in [-0.25, -0.2) is 0 Å². The lowest BCUT2D eigenvalue weighted by Crippen LogP contribution is -2.24. The maximum Gasteiger partial charge on any atom is 0.298 e. The van der Waals surface area contributed by atoms with Crippen molar-refractivity contribution in [2.45, 2.75) is 4.90 Å². The van der Waals surface area contributed by atoms with Crippen LogP contribution in [-0.4, -0.2) is 32.2 Å². The fourth-order valence-electron chi connectivity index (χ4n) is 2.66. The van der Waals surface area contributed by atoms with Gasteiger partial charge in [0.2, 0.25) is 0 Å². The zero-order chi connectivity index (χ0) is 18.9. The molecular formula is C18H18N2O5S. The van der Waals surface area contributed by atoms with E-state index in [9.17, 15) is 18.1 Å². The normalized spacial score (nSPS) is 11.3. The Labute approximate surface area is 151 Å². The molecule has 0 spiro atoms. The molecule has 3 aromatic carbocycles. The number of methoxy groups -OCH3 is 1. The van der Waals surface area contributed by atoms with Gasteiger partial charge in [-0.3, -0.25) is 15.0 Å². The molecule has 3 N–H and O–H groups in total. The molecule has 0 aliphatic rings. The summed E-state index contributed by atoms with van der Waals surface area (Å²) in [6.07, 6.45) is 0. The number of ether oxygens (including phenoxy) is 1. The van der Waals surface area contributed by atoms with Gasteiger partial charge in [0.15, 0.2) is 0 Å². The van der Waals surface area contributed by atoms with Crippen LogP contribution < -0.4 is 15.2 Å². The maximum atomic E-state index is 11.5. The van der Waals surface area contributed by atoms with Gasteiger partial charge in [0, 0.05) is 18.5 Å². The number of fused-ring (bicyclic) bond motifs is 1. The van der Waals surface area contributed by atoms with Crippen LogP contribution in [0.1, 0.15) is 0 Å². The number of para-hydroxylation sites is 1. The van der Waals surface area contributed by atoms with Gasteiger partial charge in [0.1, 0.15) is 16.4 Å². The highest BCUT2D eigenvalue weighted by atomic mass is 32.2. The first-order valence-electron chi connectivity index (χ1n) is 7.67. The number of nitrogens with one attached hydrogen (secondary N) is 1. The Balaban J connectivity index is 2.07. The van der Waals surface area contributed by atoms with Crippen molar-refractivity contribution in [2.24, 2.45) is 0 Å². The Morgan fingerprint density at radius 1 is 1.08 bits per heavy atom. The van der Waals surface area contributed by atoms with E-state index in [4.69, 9.17) is 4.74 Å². The average Bonchev–Trinajstić information content (AvgIpc) is 2.60. The minimum atomic E-state index is -4.48. The van der Waals surface area contributed by atoms with Crippen LogP contribution in [0.4, 0.5) is 11.4 Å². The van der Waals surface area contributed by atoms with E-state index in [1.807, 2.05) is 30.3 Å². The molecule has 0 heterocycles. The molecule has 26 heavy (non-hydrogen) atoms. The summed E-state index contributed by atoms with van der Waals surface area (Å²) in [4.78, 5) is -0.397. The lowest BCUT2D eigenvalue weighted by Gasteiger charge is -2.22. The molecule has 0 aliphatic heterocycles. The van der Waals surface area contributed by atoms with E-state index in [1.54, 1.807) is 18.1 Å². The summed E-state index contributed by atoms with van der Waals surface area (Å²) >= 11 is 0. The fraction of sp³-hybridized carbons (Fsp3) is 0.111. The van der Waals surface area contributed by atoms with Gasteiger partial charge in [0.05, 0.1) is 18.5 Å². The van der Waals surface area contributed by atoms with Crippen LogP contribution in [0.3, 0.4) is 0 Å². The third-order valence-corrected chi connectivity index (χ3v) is 4.81. The lowest BCUT2D eigenvalue weighted by molar-refractivity contribution is 0.398. The number of phenolic OH excluding ortho intramolecular Hbond substituents is 1. The van der Waals surface area contributed by atoms with Gasteiger partial charge in [-0.15, -0.1) is 0 Å². The smallest absolute Gasteiger partial charge is 0.298 e. The van der Waals surface area contributed by atoms with E-state index in [2.05, 4.69) is 5.43 Å². The molecular weight excluding hydrogens is 356 g/mol. The number of hydrogen-bond acceptors (Lipinski definition) is 6. The summed E-state index contributed by atoms with van der Waals surface area (Å²) in [6.45, 7) is 0. The zero-order valence-corrected chi connectivity index (χ0v) is 15.0. The minimum Gasteiger partial charge on any atom is -0.507 e. The molecule has 0 aromatic heterocycles. The predicted octanol–water partition coefficient (Wildman–Crippen LogP) is 3.26. The van der Waals surface area contributed by atoms with Crippen molar-refractivity contribution in [3.05, 3.63) is 54.6 Å². The van der Waals surface area contributed by atoms with Gasteiger partial charge in [-0.2, -0.15) is 8.42 Å². The topological polar surface area (TPSA) is 99.1 Å². The Hall–Kier alpha value is -2.97. The molecule has 0 bridgehead atoms. The number of hydrogen-bond donors (Lipinski definition) is 3. The molecule has 8 heteroatoms. The van der Waals surface area contributed by atoms with E-state index in [1.165, 1.54) is 25.3 Å². The molecule has 0 aliphatic carbocycles. The second-order valence-corrected chi connectivity index (χ2v) is 7.09. The monoisotopic (exact) mass is 374 g/mol. The van der Waals surface area contributed by atoms with Crippen molar-refractivity contribution in [3.63, 3.8) is 0 Å². The first kappa shape index (κ1) is 17.8. The molecule has 0 radical (unpaired) electrons. The van der Waals surface area contributed by atoms with Crippen LogP contribution >= 0.6 is 0 Å². The second-order valence-electron chi connectivity index (χ2n) is 5.70. The van der Waals surface area contributed by atoms with Crippen LogP contribution in [0.5, 0.6) is 11.5 Å². The number of aromatic hydroxyl groups is 1. The molecule has 3 aromatic rings. The van der Waals surface area contributed by atoms with Crippen LogP contribution in [0, 0.1) is 0 Å². The highest BCUT2D eigenvalue weighted by molar-refractivity contribution is 7.86. The summed E-state index contributed by atoms with van der Waals surface area (Å²) in [5.74, 6) is -0.123. The quantitative estimate of drug-likeness (QED) is 0.466. The first-order chi connectivity index (χ1) is 12.3. The molecule has 0 atom stereocenters. The van der Waals surface area contributed by atoms with Crippen molar-refractivity contribution in [2.75, 3.05) is 24.6 Å². The number of phenols is 1. The maximum absolute atomic E-state index is 11.5. The van der Waals surface area contributed by atoms with E-state index >= 15 is 0 Å². The second kappa shape index (κ2) is 6.74. The van der Waals surface area contributed by atoms with Gasteiger partial charge >= 0.3 is 0 Å². The third kappa shape index (κ3) is 3.51. The Bertz CT molecular complexity index is 1050. The summed E-state index contributed by atoms with van der Waals surface area (Å²) in [7, 11) is -1.38. The van der Waals surface area contributed by atoms with Crippen LogP contribution in [0.25, 0.3) is 10.8 Å². The number of benzene rings is 3. The SMILES string of the molecule is COc1cc2cc(N(C)Nc3ccccc3)cc(O)c2cc1S(=O)(=O)O. The molecule has 136 valence electrons. The van der Waals surface area contributed by atoms with Crippen molar-refractivity contribution < 1.29 is 22.8 Å². The van der Waals surface area contributed by atoms with E-state index in [0.29, 0.717) is 11.1 Å². The molecule has 3 rings (SSSR count). The van der Waals surface area contributed by atoms with Crippen LogP contribution in [0.15, 0.2) is 59.5 Å². The van der Waals surface area contributed by atoms with Crippen molar-refractivity contribution in [1.29, 1.82) is 0 Å². The molecule has 0 fully saturated rings. The lowest BCUT2D eigenvalue weighted by atomic mass is 10.1. The molecule has 0 saturated heterocycles. The highest BCUT2D eigenvalue weighted by Gasteiger charge is 2.19. The number of hydrazine groups is 1. The van der Waals surface area contributed by atoms with Gasteiger partial charge in [0.25, 0.3) is 10.1 Å². The summed E-state index contributed by atoms with van der Waals surface area (Å²) in [5.41, 5.74) is 4.69. The van der Waals surface area contributed by atoms with E-state index in [-0.39, 0.29) is 16.9 Å². The predicted molar refractivity (Wildman–Crippen MR) is 100 cm³/mol. The number of nitrogens with zero attached hydrogens (tertiary/aromatic N) is 1. The fourth-order valence-corrected chi connectivity index (χ4v) is 3.32. The first-order valence-corrected chi connectivity index (χ1v) is 9.11.